The molecule has 116 valence electrons. The average Bonchev–Trinajstić information content (AvgIpc) is 2.39. The normalized spacial score (nSPS) is 11.3. The summed E-state index contributed by atoms with van der Waals surface area (Å²) in [6.07, 6.45) is 0. The number of hydrogen-bond acceptors (Lipinski definition) is 2. The van der Waals surface area contributed by atoms with Crippen molar-refractivity contribution in [3.05, 3.63) is 29.8 Å². The molecule has 5 nitrogen and oxygen atoms in total. The van der Waals surface area contributed by atoms with Crippen LogP contribution in [0.3, 0.4) is 0 Å². The van der Waals surface area contributed by atoms with Crippen molar-refractivity contribution < 1.29 is 14.7 Å². The molecule has 1 rings (SSSR count). The Morgan fingerprint density at radius 3 is 2.14 bits per heavy atom. The number of nitrogens with one attached hydrogen (secondary N) is 1. The molecular weight excluding hydrogens is 268 g/mol. The third-order valence-electron chi connectivity index (χ3n) is 3.59. The first-order valence-electron chi connectivity index (χ1n) is 7.12. The van der Waals surface area contributed by atoms with Crippen LogP contribution in [-0.4, -0.2) is 34.1 Å². The molecule has 0 unspecified atom stereocenters. The van der Waals surface area contributed by atoms with Crippen molar-refractivity contribution in [1.29, 1.82) is 0 Å². The highest BCUT2D eigenvalue weighted by Crippen LogP contribution is 2.19. The second-order valence-electron chi connectivity index (χ2n) is 5.82. The molecule has 0 aromatic heterocycles. The van der Waals surface area contributed by atoms with Crippen LogP contribution in [0.25, 0.3) is 0 Å². The van der Waals surface area contributed by atoms with Gasteiger partial charge in [0.2, 0.25) is 0 Å². The molecule has 0 atom stereocenters. The van der Waals surface area contributed by atoms with Crippen molar-refractivity contribution in [1.82, 2.24) is 4.90 Å². The Labute approximate surface area is 126 Å². The summed E-state index contributed by atoms with van der Waals surface area (Å²) in [5.41, 5.74) is 0.590. The van der Waals surface area contributed by atoms with Gasteiger partial charge in [0.25, 0.3) is 0 Å². The summed E-state index contributed by atoms with van der Waals surface area (Å²) in [5.74, 6) is -0.609. The van der Waals surface area contributed by atoms with Gasteiger partial charge in [0.1, 0.15) is 5.54 Å². The molecular formula is C16H24N2O3. The van der Waals surface area contributed by atoms with E-state index in [1.807, 2.05) is 24.3 Å². The maximum absolute atomic E-state index is 12.3. The molecule has 0 saturated heterocycles. The molecule has 0 aliphatic carbocycles. The fraction of sp³-hybridized carbons (Fsp3) is 0.500. The van der Waals surface area contributed by atoms with Gasteiger partial charge < -0.3 is 15.3 Å². The summed E-state index contributed by atoms with van der Waals surface area (Å²) in [5, 5.41) is 12.0. The van der Waals surface area contributed by atoms with E-state index in [-0.39, 0.29) is 0 Å². The molecule has 2 amide bonds. The van der Waals surface area contributed by atoms with E-state index in [2.05, 4.69) is 19.2 Å². The number of rotatable bonds is 5. The number of carbonyl (C=O) groups excluding carboxylic acids is 1. The number of urea groups is 1. The lowest BCUT2D eigenvalue weighted by Gasteiger charge is -2.34. The monoisotopic (exact) mass is 292 g/mol. The van der Waals surface area contributed by atoms with E-state index in [0.717, 1.165) is 0 Å². The van der Waals surface area contributed by atoms with Gasteiger partial charge in [-0.25, -0.2) is 9.59 Å². The number of nitrogens with zero attached hydrogens (tertiary/aromatic N) is 1. The molecule has 0 bridgehead atoms. The highest BCUT2D eigenvalue weighted by molar-refractivity contribution is 5.93. The van der Waals surface area contributed by atoms with E-state index < -0.39 is 17.5 Å². The lowest BCUT2D eigenvalue weighted by Crippen LogP contribution is -2.54. The van der Waals surface area contributed by atoms with Crippen molar-refractivity contribution in [2.75, 3.05) is 11.9 Å². The highest BCUT2D eigenvalue weighted by atomic mass is 16.4. The van der Waals surface area contributed by atoms with Crippen LogP contribution in [0, 0.1) is 0 Å². The van der Waals surface area contributed by atoms with Gasteiger partial charge >= 0.3 is 12.0 Å². The zero-order valence-corrected chi connectivity index (χ0v) is 13.3. The molecule has 0 radical (unpaired) electrons. The summed E-state index contributed by atoms with van der Waals surface area (Å²) < 4.78 is 0. The van der Waals surface area contributed by atoms with E-state index in [1.54, 1.807) is 6.92 Å². The van der Waals surface area contributed by atoms with Gasteiger partial charge in [-0.05, 0) is 44.4 Å². The molecule has 21 heavy (non-hydrogen) atoms. The number of carboxylic acid groups (broad SMARTS) is 1. The number of carboxylic acids is 1. The van der Waals surface area contributed by atoms with Crippen molar-refractivity contribution >= 4 is 17.7 Å². The number of aliphatic carboxylic acids is 1. The van der Waals surface area contributed by atoms with E-state index >= 15 is 0 Å². The number of anilines is 1. The zero-order valence-electron chi connectivity index (χ0n) is 13.3. The molecule has 0 spiro atoms. The van der Waals surface area contributed by atoms with Gasteiger partial charge in [0.05, 0.1) is 0 Å². The lowest BCUT2D eigenvalue weighted by molar-refractivity contribution is -0.147. The molecule has 0 heterocycles. The maximum atomic E-state index is 12.3. The Kier molecular flexibility index (Phi) is 5.35. The van der Waals surface area contributed by atoms with Crippen molar-refractivity contribution in [2.24, 2.45) is 0 Å². The first-order valence-corrected chi connectivity index (χ1v) is 7.12. The Balaban J connectivity index is 2.86. The predicted octanol–water partition coefficient (Wildman–Crippen LogP) is 3.53. The maximum Gasteiger partial charge on any atom is 0.329 e. The number of carbonyl (C=O) groups is 2. The Morgan fingerprint density at radius 2 is 1.76 bits per heavy atom. The average molecular weight is 292 g/mol. The smallest absolute Gasteiger partial charge is 0.329 e. The Hall–Kier alpha value is -2.04. The van der Waals surface area contributed by atoms with Crippen molar-refractivity contribution in [3.63, 3.8) is 0 Å². The summed E-state index contributed by atoms with van der Waals surface area (Å²) in [6, 6.07) is 7.16. The minimum atomic E-state index is -1.25. The number of amides is 2. The van der Waals surface area contributed by atoms with Gasteiger partial charge in [-0.3, -0.25) is 0 Å². The third-order valence-corrected chi connectivity index (χ3v) is 3.59. The second kappa shape index (κ2) is 6.61. The fourth-order valence-electron chi connectivity index (χ4n) is 2.05. The van der Waals surface area contributed by atoms with Gasteiger partial charge in [-0.15, -0.1) is 0 Å². The summed E-state index contributed by atoms with van der Waals surface area (Å²) >= 11 is 0. The van der Waals surface area contributed by atoms with Crippen LogP contribution in [-0.2, 0) is 4.79 Å². The minimum Gasteiger partial charge on any atom is -0.480 e. The highest BCUT2D eigenvalue weighted by Gasteiger charge is 2.36. The van der Waals surface area contributed by atoms with Gasteiger partial charge in [-0.2, -0.15) is 0 Å². The number of likely N-dealkylation sites (N-methyl/N-ethyl adjacent to an activating group) is 1. The number of hydrogen-bond donors (Lipinski definition) is 2. The van der Waals surface area contributed by atoms with E-state index in [0.29, 0.717) is 18.2 Å². The summed E-state index contributed by atoms with van der Waals surface area (Å²) in [4.78, 5) is 24.8. The van der Waals surface area contributed by atoms with E-state index in [4.69, 9.17) is 0 Å². The van der Waals surface area contributed by atoms with Gasteiger partial charge in [0.15, 0.2) is 0 Å². The van der Waals surface area contributed by atoms with Crippen molar-refractivity contribution in [2.45, 2.75) is 46.1 Å². The van der Waals surface area contributed by atoms with E-state index in [1.165, 1.54) is 24.3 Å². The van der Waals surface area contributed by atoms with Crippen molar-refractivity contribution in [3.8, 4) is 0 Å². The standard InChI is InChI=1S/C16H24N2O3/c1-6-18(16(4,5)14(19)20)15(21)17-13-9-7-12(8-10-13)11(2)3/h7-11H,6H2,1-5H3,(H,17,21)(H,19,20). The van der Waals surface area contributed by atoms with Crippen LogP contribution in [0.15, 0.2) is 24.3 Å². The molecule has 1 aromatic carbocycles. The largest absolute Gasteiger partial charge is 0.480 e. The summed E-state index contributed by atoms with van der Waals surface area (Å²) in [7, 11) is 0. The molecule has 2 N–H and O–H groups in total. The second-order valence-corrected chi connectivity index (χ2v) is 5.82. The zero-order chi connectivity index (χ0) is 16.2. The first-order chi connectivity index (χ1) is 9.70. The Bertz CT molecular complexity index is 507. The molecule has 0 fully saturated rings. The molecule has 5 heteroatoms. The minimum absolute atomic E-state index is 0.315. The number of benzene rings is 1. The van der Waals surface area contributed by atoms with Crippen LogP contribution < -0.4 is 5.32 Å². The van der Waals surface area contributed by atoms with Crippen LogP contribution in [0.2, 0.25) is 0 Å². The van der Waals surface area contributed by atoms with Crippen LogP contribution in [0.1, 0.15) is 46.1 Å². The van der Waals surface area contributed by atoms with Gasteiger partial charge in [-0.1, -0.05) is 26.0 Å². The SMILES string of the molecule is CCN(C(=O)Nc1ccc(C(C)C)cc1)C(C)(C)C(=O)O. The van der Waals surface area contributed by atoms with Crippen LogP contribution >= 0.6 is 0 Å². The summed E-state index contributed by atoms with van der Waals surface area (Å²) in [6.45, 7) is 9.30. The molecule has 0 aliphatic heterocycles. The van der Waals surface area contributed by atoms with Crippen LogP contribution in [0.5, 0.6) is 0 Å². The lowest BCUT2D eigenvalue weighted by atomic mass is 10.0. The molecule has 0 saturated carbocycles. The quantitative estimate of drug-likeness (QED) is 0.872. The Morgan fingerprint density at radius 1 is 1.24 bits per heavy atom. The fourth-order valence-corrected chi connectivity index (χ4v) is 2.05. The predicted molar refractivity (Wildman–Crippen MR) is 83.6 cm³/mol. The first kappa shape index (κ1) is 17.0. The topological polar surface area (TPSA) is 69.6 Å². The third kappa shape index (κ3) is 3.97. The molecule has 0 aliphatic rings. The van der Waals surface area contributed by atoms with Gasteiger partial charge in [0, 0.05) is 12.2 Å². The molecule has 1 aromatic rings. The van der Waals surface area contributed by atoms with E-state index in [9.17, 15) is 14.7 Å². The van der Waals surface area contributed by atoms with Crippen LogP contribution in [0.4, 0.5) is 10.5 Å².